The first-order valence-electron chi connectivity index (χ1n) is 6.70. The Morgan fingerprint density at radius 3 is 3.00 bits per heavy atom. The highest BCUT2D eigenvalue weighted by atomic mass is 16.5. The predicted molar refractivity (Wildman–Crippen MR) is 75.3 cm³/mol. The van der Waals surface area contributed by atoms with E-state index in [-0.39, 0.29) is 5.60 Å². The van der Waals surface area contributed by atoms with Crippen LogP contribution in [0.2, 0.25) is 0 Å². The summed E-state index contributed by atoms with van der Waals surface area (Å²) in [4.78, 5) is 6.95. The number of ether oxygens (including phenoxy) is 1. The Kier molecular flexibility index (Phi) is 4.07. The summed E-state index contributed by atoms with van der Waals surface area (Å²) in [5.74, 6) is 1.99. The molecule has 0 amide bonds. The Morgan fingerprint density at radius 1 is 1.44 bits per heavy atom. The van der Waals surface area contributed by atoms with Gasteiger partial charge in [-0.3, -0.25) is 0 Å². The Labute approximate surface area is 109 Å². The smallest absolute Gasteiger partial charge is 0.131 e. The van der Waals surface area contributed by atoms with E-state index in [2.05, 4.69) is 48.1 Å². The number of anilines is 2. The van der Waals surface area contributed by atoms with Crippen molar-refractivity contribution >= 4 is 11.6 Å². The van der Waals surface area contributed by atoms with Crippen LogP contribution in [0.4, 0.5) is 11.6 Å². The molecular weight excluding hydrogens is 226 g/mol. The van der Waals surface area contributed by atoms with Gasteiger partial charge in [-0.25, -0.2) is 4.98 Å². The molecule has 1 aliphatic heterocycles. The Balaban J connectivity index is 2.07. The van der Waals surface area contributed by atoms with Gasteiger partial charge in [0.2, 0.25) is 0 Å². The van der Waals surface area contributed by atoms with Crippen LogP contribution in [0.5, 0.6) is 0 Å². The molecule has 1 aromatic rings. The van der Waals surface area contributed by atoms with Gasteiger partial charge in [0.25, 0.3) is 0 Å². The lowest BCUT2D eigenvalue weighted by Gasteiger charge is -2.38. The maximum Gasteiger partial charge on any atom is 0.131 e. The lowest BCUT2D eigenvalue weighted by atomic mass is 10.1. The highest BCUT2D eigenvalue weighted by Gasteiger charge is 2.27. The fourth-order valence-corrected chi connectivity index (χ4v) is 2.16. The van der Waals surface area contributed by atoms with Gasteiger partial charge in [-0.2, -0.15) is 0 Å². The fraction of sp³-hybridized carbons (Fsp3) is 0.643. The highest BCUT2D eigenvalue weighted by molar-refractivity contribution is 5.47. The maximum atomic E-state index is 5.73. The standard InChI is InChI=1S/C14H23N3O/c1-4-8-15-12-6-5-7-13(16-12)17-9-10-18-14(2,3)11-17/h5-7H,4,8-11H2,1-3H3,(H,15,16). The molecule has 18 heavy (non-hydrogen) atoms. The van der Waals surface area contributed by atoms with Crippen LogP contribution in [0.1, 0.15) is 27.2 Å². The number of pyridine rings is 1. The van der Waals surface area contributed by atoms with Crippen molar-refractivity contribution in [2.24, 2.45) is 0 Å². The first-order valence-corrected chi connectivity index (χ1v) is 6.70. The van der Waals surface area contributed by atoms with Crippen LogP contribution < -0.4 is 10.2 Å². The van der Waals surface area contributed by atoms with E-state index < -0.39 is 0 Å². The molecule has 0 unspecified atom stereocenters. The van der Waals surface area contributed by atoms with Crippen LogP contribution in [-0.4, -0.2) is 36.8 Å². The third-order valence-corrected chi connectivity index (χ3v) is 3.04. The minimum Gasteiger partial charge on any atom is -0.372 e. The van der Waals surface area contributed by atoms with Crippen LogP contribution >= 0.6 is 0 Å². The van der Waals surface area contributed by atoms with Crippen molar-refractivity contribution in [2.75, 3.05) is 36.5 Å². The largest absolute Gasteiger partial charge is 0.372 e. The van der Waals surface area contributed by atoms with E-state index in [9.17, 15) is 0 Å². The second kappa shape index (κ2) is 5.57. The van der Waals surface area contributed by atoms with Crippen molar-refractivity contribution < 1.29 is 4.74 Å². The van der Waals surface area contributed by atoms with Crippen molar-refractivity contribution in [3.8, 4) is 0 Å². The molecule has 1 fully saturated rings. The number of nitrogens with one attached hydrogen (secondary N) is 1. The van der Waals surface area contributed by atoms with Gasteiger partial charge >= 0.3 is 0 Å². The summed E-state index contributed by atoms with van der Waals surface area (Å²) < 4.78 is 5.73. The number of hydrogen-bond donors (Lipinski definition) is 1. The molecule has 100 valence electrons. The zero-order valence-electron chi connectivity index (χ0n) is 11.6. The molecule has 1 aliphatic rings. The molecule has 2 rings (SSSR count). The minimum absolute atomic E-state index is 0.0905. The lowest BCUT2D eigenvalue weighted by molar-refractivity contribution is -0.0279. The number of nitrogens with zero attached hydrogens (tertiary/aromatic N) is 2. The van der Waals surface area contributed by atoms with Crippen molar-refractivity contribution in [1.82, 2.24) is 4.98 Å². The summed E-state index contributed by atoms with van der Waals surface area (Å²) in [5.41, 5.74) is -0.0905. The monoisotopic (exact) mass is 249 g/mol. The molecule has 0 radical (unpaired) electrons. The SMILES string of the molecule is CCCNc1cccc(N2CCOC(C)(C)C2)n1. The molecule has 4 heteroatoms. The van der Waals surface area contributed by atoms with Crippen LogP contribution in [0.15, 0.2) is 18.2 Å². The summed E-state index contributed by atoms with van der Waals surface area (Å²) in [5, 5.41) is 3.33. The van der Waals surface area contributed by atoms with Gasteiger partial charge in [-0.1, -0.05) is 13.0 Å². The van der Waals surface area contributed by atoms with Gasteiger partial charge in [0.05, 0.1) is 12.2 Å². The Hall–Kier alpha value is -1.29. The molecule has 0 aromatic carbocycles. The third kappa shape index (κ3) is 3.35. The lowest BCUT2D eigenvalue weighted by Crippen LogP contribution is -2.48. The number of hydrogen-bond acceptors (Lipinski definition) is 4. The molecule has 0 spiro atoms. The molecule has 0 aliphatic carbocycles. The van der Waals surface area contributed by atoms with E-state index in [0.717, 1.165) is 44.3 Å². The first-order chi connectivity index (χ1) is 8.61. The van der Waals surface area contributed by atoms with E-state index in [1.807, 2.05) is 6.07 Å². The summed E-state index contributed by atoms with van der Waals surface area (Å²) in [7, 11) is 0. The van der Waals surface area contributed by atoms with Gasteiger partial charge in [-0.15, -0.1) is 0 Å². The van der Waals surface area contributed by atoms with Crippen LogP contribution in [-0.2, 0) is 4.74 Å². The molecule has 4 nitrogen and oxygen atoms in total. The zero-order valence-corrected chi connectivity index (χ0v) is 11.6. The summed E-state index contributed by atoms with van der Waals surface area (Å²) in [6.07, 6.45) is 1.11. The molecular formula is C14H23N3O. The van der Waals surface area contributed by atoms with E-state index in [1.54, 1.807) is 0 Å². The van der Waals surface area contributed by atoms with Crippen molar-refractivity contribution in [3.05, 3.63) is 18.2 Å². The first kappa shape index (κ1) is 13.1. The third-order valence-electron chi connectivity index (χ3n) is 3.04. The summed E-state index contributed by atoms with van der Waals surface area (Å²) in [6.45, 7) is 9.93. The average molecular weight is 249 g/mol. The second-order valence-corrected chi connectivity index (χ2v) is 5.34. The number of rotatable bonds is 4. The highest BCUT2D eigenvalue weighted by Crippen LogP contribution is 2.22. The van der Waals surface area contributed by atoms with E-state index in [0.29, 0.717) is 0 Å². The molecule has 1 saturated heterocycles. The van der Waals surface area contributed by atoms with Gasteiger partial charge in [0, 0.05) is 19.6 Å². The van der Waals surface area contributed by atoms with Crippen molar-refractivity contribution in [2.45, 2.75) is 32.8 Å². The quantitative estimate of drug-likeness (QED) is 0.889. The Bertz CT molecular complexity index is 392. The zero-order chi connectivity index (χ0) is 13.0. The van der Waals surface area contributed by atoms with Gasteiger partial charge in [0.1, 0.15) is 11.6 Å². The molecule has 1 aromatic heterocycles. The Morgan fingerprint density at radius 2 is 2.28 bits per heavy atom. The van der Waals surface area contributed by atoms with E-state index in [4.69, 9.17) is 4.74 Å². The van der Waals surface area contributed by atoms with Crippen molar-refractivity contribution in [1.29, 1.82) is 0 Å². The normalized spacial score (nSPS) is 18.7. The van der Waals surface area contributed by atoms with E-state index in [1.165, 1.54) is 0 Å². The summed E-state index contributed by atoms with van der Waals surface area (Å²) in [6, 6.07) is 6.14. The number of aromatic nitrogens is 1. The van der Waals surface area contributed by atoms with Gasteiger partial charge in [0.15, 0.2) is 0 Å². The molecule has 1 N–H and O–H groups in total. The topological polar surface area (TPSA) is 37.4 Å². The van der Waals surface area contributed by atoms with Crippen LogP contribution in [0, 0.1) is 0 Å². The fourth-order valence-electron chi connectivity index (χ4n) is 2.16. The van der Waals surface area contributed by atoms with Crippen molar-refractivity contribution in [3.63, 3.8) is 0 Å². The average Bonchev–Trinajstić information content (AvgIpc) is 2.35. The van der Waals surface area contributed by atoms with Crippen LogP contribution in [0.3, 0.4) is 0 Å². The molecule has 0 atom stereocenters. The van der Waals surface area contributed by atoms with Gasteiger partial charge in [-0.05, 0) is 32.4 Å². The minimum atomic E-state index is -0.0905. The molecule has 0 bridgehead atoms. The predicted octanol–water partition coefficient (Wildman–Crippen LogP) is 2.52. The second-order valence-electron chi connectivity index (χ2n) is 5.34. The summed E-state index contributed by atoms with van der Waals surface area (Å²) >= 11 is 0. The molecule has 0 saturated carbocycles. The molecule has 2 heterocycles. The maximum absolute atomic E-state index is 5.73. The van der Waals surface area contributed by atoms with E-state index >= 15 is 0 Å². The van der Waals surface area contributed by atoms with Gasteiger partial charge < -0.3 is 15.0 Å². The van der Waals surface area contributed by atoms with Crippen LogP contribution in [0.25, 0.3) is 0 Å². The number of morpholine rings is 1.